The molecule has 0 aliphatic carbocycles. The van der Waals surface area contributed by atoms with Crippen LogP contribution in [-0.4, -0.2) is 27.7 Å². The summed E-state index contributed by atoms with van der Waals surface area (Å²) in [6.45, 7) is 1.49. The number of pyridine rings is 1. The minimum Gasteiger partial charge on any atom is -0.481 e. The molecule has 5 heteroatoms. The fourth-order valence-corrected chi connectivity index (χ4v) is 1.51. The zero-order chi connectivity index (χ0) is 11.0. The van der Waals surface area contributed by atoms with Crippen molar-refractivity contribution in [1.29, 1.82) is 0 Å². The van der Waals surface area contributed by atoms with Crippen LogP contribution in [-0.2, 0) is 7.05 Å². The number of ether oxygens (including phenoxy) is 1. The number of hydrogen-bond donors (Lipinski definition) is 0. The molecule has 5 nitrogen and oxygen atoms in total. The summed E-state index contributed by atoms with van der Waals surface area (Å²) in [5.74, 6) is 0.452. The topological polar surface area (TPSA) is 57.0 Å². The molecule has 0 aliphatic heterocycles. The molecule has 15 heavy (non-hydrogen) atoms. The van der Waals surface area contributed by atoms with Crippen LogP contribution in [0.15, 0.2) is 12.3 Å². The maximum Gasteiger partial charge on any atom is 0.215 e. The molecular formula is C10H11N3O2. The highest BCUT2D eigenvalue weighted by Gasteiger charge is 2.13. The molecular weight excluding hydrogens is 194 g/mol. The number of nitrogens with zero attached hydrogens (tertiary/aromatic N) is 3. The van der Waals surface area contributed by atoms with Gasteiger partial charge in [-0.25, -0.2) is 4.98 Å². The first kappa shape index (κ1) is 9.64. The summed E-state index contributed by atoms with van der Waals surface area (Å²) in [5, 5.41) is 4.89. The van der Waals surface area contributed by atoms with Crippen molar-refractivity contribution >= 4 is 16.7 Å². The van der Waals surface area contributed by atoms with Gasteiger partial charge in [0.15, 0.2) is 5.78 Å². The lowest BCUT2D eigenvalue weighted by Crippen LogP contribution is -1.95. The highest BCUT2D eigenvalue weighted by Crippen LogP contribution is 2.20. The zero-order valence-corrected chi connectivity index (χ0v) is 8.81. The third kappa shape index (κ3) is 1.45. The number of carbonyl (C=O) groups is 1. The predicted molar refractivity (Wildman–Crippen MR) is 55.1 cm³/mol. The fourth-order valence-electron chi connectivity index (χ4n) is 1.51. The Kier molecular flexibility index (Phi) is 2.15. The Labute approximate surface area is 86.7 Å². The van der Waals surface area contributed by atoms with E-state index in [-0.39, 0.29) is 5.78 Å². The van der Waals surface area contributed by atoms with E-state index in [0.717, 1.165) is 10.9 Å². The number of fused-ring (bicyclic) bond motifs is 1. The third-order valence-corrected chi connectivity index (χ3v) is 2.25. The molecule has 0 N–H and O–H groups in total. The fraction of sp³-hybridized carbons (Fsp3) is 0.300. The van der Waals surface area contributed by atoms with Crippen molar-refractivity contribution in [3.63, 3.8) is 0 Å². The Hall–Kier alpha value is -1.91. The molecule has 0 atom stereocenters. The first-order valence-corrected chi connectivity index (χ1v) is 4.51. The summed E-state index contributed by atoms with van der Waals surface area (Å²) in [5.41, 5.74) is 1.29. The van der Waals surface area contributed by atoms with Gasteiger partial charge in [0.05, 0.1) is 12.6 Å². The van der Waals surface area contributed by atoms with E-state index in [9.17, 15) is 4.79 Å². The lowest BCUT2D eigenvalue weighted by Gasteiger charge is -1.98. The van der Waals surface area contributed by atoms with Crippen molar-refractivity contribution in [2.45, 2.75) is 6.92 Å². The van der Waals surface area contributed by atoms with Crippen LogP contribution >= 0.6 is 0 Å². The number of aromatic nitrogens is 3. The molecule has 0 bridgehead atoms. The smallest absolute Gasteiger partial charge is 0.215 e. The molecule has 2 rings (SSSR count). The van der Waals surface area contributed by atoms with Crippen molar-refractivity contribution in [3.05, 3.63) is 18.0 Å². The van der Waals surface area contributed by atoms with E-state index in [4.69, 9.17) is 4.74 Å². The quantitative estimate of drug-likeness (QED) is 0.691. The molecule has 0 spiro atoms. The molecule has 0 radical (unpaired) electrons. The monoisotopic (exact) mass is 205 g/mol. The maximum atomic E-state index is 11.3. The lowest BCUT2D eigenvalue weighted by molar-refractivity contribution is 0.101. The maximum absolute atomic E-state index is 11.3. The van der Waals surface area contributed by atoms with Crippen LogP contribution in [0.25, 0.3) is 10.9 Å². The summed E-state index contributed by atoms with van der Waals surface area (Å²) in [4.78, 5) is 15.3. The molecule has 0 saturated carbocycles. The second kappa shape index (κ2) is 3.34. The van der Waals surface area contributed by atoms with Crippen molar-refractivity contribution < 1.29 is 9.53 Å². The molecule has 0 amide bonds. The van der Waals surface area contributed by atoms with Crippen LogP contribution in [0, 0.1) is 0 Å². The van der Waals surface area contributed by atoms with E-state index in [0.29, 0.717) is 11.6 Å². The molecule has 2 heterocycles. The van der Waals surface area contributed by atoms with E-state index >= 15 is 0 Å². The van der Waals surface area contributed by atoms with Crippen LogP contribution in [0.2, 0.25) is 0 Å². The standard InChI is InChI=1S/C10H11N3O2/c1-6(14)10-7-5-11-9(15-3)4-8(7)13(2)12-10/h4-5H,1-3H3. The first-order chi connectivity index (χ1) is 7.13. The summed E-state index contributed by atoms with van der Waals surface area (Å²) >= 11 is 0. The van der Waals surface area contributed by atoms with Gasteiger partial charge in [0.1, 0.15) is 5.69 Å². The molecule has 2 aromatic heterocycles. The van der Waals surface area contributed by atoms with Gasteiger partial charge in [-0.15, -0.1) is 0 Å². The Balaban J connectivity index is 2.75. The second-order valence-corrected chi connectivity index (χ2v) is 3.27. The minimum atomic E-state index is -0.0624. The van der Waals surface area contributed by atoms with Crippen molar-refractivity contribution in [1.82, 2.24) is 14.8 Å². The van der Waals surface area contributed by atoms with Gasteiger partial charge in [-0.05, 0) is 0 Å². The molecule has 78 valence electrons. The van der Waals surface area contributed by atoms with Gasteiger partial charge in [0.25, 0.3) is 0 Å². The summed E-state index contributed by atoms with van der Waals surface area (Å²) < 4.78 is 6.66. The number of aryl methyl sites for hydroxylation is 1. The minimum absolute atomic E-state index is 0.0624. The SMILES string of the molecule is COc1cc2c(cn1)c(C(C)=O)nn2C. The van der Waals surface area contributed by atoms with Crippen molar-refractivity contribution in [2.75, 3.05) is 7.11 Å². The summed E-state index contributed by atoms with van der Waals surface area (Å²) in [6.07, 6.45) is 1.61. The third-order valence-electron chi connectivity index (χ3n) is 2.25. The van der Waals surface area contributed by atoms with Crippen LogP contribution in [0.5, 0.6) is 5.88 Å². The van der Waals surface area contributed by atoms with Crippen LogP contribution in [0.4, 0.5) is 0 Å². The van der Waals surface area contributed by atoms with Crippen LogP contribution in [0.1, 0.15) is 17.4 Å². The van der Waals surface area contributed by atoms with Crippen LogP contribution in [0.3, 0.4) is 0 Å². The van der Waals surface area contributed by atoms with Crippen LogP contribution < -0.4 is 4.74 Å². The number of rotatable bonds is 2. The van der Waals surface area contributed by atoms with E-state index < -0.39 is 0 Å². The Morgan fingerprint density at radius 1 is 1.53 bits per heavy atom. The summed E-state index contributed by atoms with van der Waals surface area (Å²) in [7, 11) is 3.34. The van der Waals surface area contributed by atoms with E-state index in [1.54, 1.807) is 31.1 Å². The Morgan fingerprint density at radius 2 is 2.27 bits per heavy atom. The number of Topliss-reactive ketones (excluding diaryl/α,β-unsaturated/α-hetero) is 1. The van der Waals surface area contributed by atoms with Crippen molar-refractivity contribution in [3.8, 4) is 5.88 Å². The van der Waals surface area contributed by atoms with Gasteiger partial charge in [0.2, 0.25) is 5.88 Å². The Bertz CT molecular complexity index is 531. The molecule has 0 aromatic carbocycles. The zero-order valence-electron chi connectivity index (χ0n) is 8.81. The van der Waals surface area contributed by atoms with Gasteiger partial charge in [0, 0.05) is 31.6 Å². The van der Waals surface area contributed by atoms with Crippen molar-refractivity contribution in [2.24, 2.45) is 7.05 Å². The molecule has 0 aliphatic rings. The number of methoxy groups -OCH3 is 1. The van der Waals surface area contributed by atoms with E-state index in [1.165, 1.54) is 6.92 Å². The normalized spacial score (nSPS) is 10.6. The highest BCUT2D eigenvalue weighted by molar-refractivity contribution is 6.04. The molecule has 0 saturated heterocycles. The van der Waals surface area contributed by atoms with E-state index in [2.05, 4.69) is 10.1 Å². The largest absolute Gasteiger partial charge is 0.481 e. The van der Waals surface area contributed by atoms with Gasteiger partial charge >= 0.3 is 0 Å². The molecule has 0 fully saturated rings. The average Bonchev–Trinajstić information content (AvgIpc) is 2.56. The van der Waals surface area contributed by atoms with Gasteiger partial charge < -0.3 is 4.74 Å². The average molecular weight is 205 g/mol. The van der Waals surface area contributed by atoms with E-state index in [1.807, 2.05) is 0 Å². The lowest BCUT2D eigenvalue weighted by atomic mass is 10.2. The van der Waals surface area contributed by atoms with Gasteiger partial charge in [-0.1, -0.05) is 0 Å². The second-order valence-electron chi connectivity index (χ2n) is 3.27. The Morgan fingerprint density at radius 3 is 2.87 bits per heavy atom. The molecule has 0 unspecified atom stereocenters. The first-order valence-electron chi connectivity index (χ1n) is 4.51. The predicted octanol–water partition coefficient (Wildman–Crippen LogP) is 1.18. The number of carbonyl (C=O) groups excluding carboxylic acids is 1. The number of ketones is 1. The highest BCUT2D eigenvalue weighted by atomic mass is 16.5. The molecule has 2 aromatic rings. The van der Waals surface area contributed by atoms with Gasteiger partial charge in [-0.3, -0.25) is 9.48 Å². The van der Waals surface area contributed by atoms with Gasteiger partial charge in [-0.2, -0.15) is 5.10 Å². The number of hydrogen-bond acceptors (Lipinski definition) is 4. The summed E-state index contributed by atoms with van der Waals surface area (Å²) in [6, 6.07) is 1.76.